The van der Waals surface area contributed by atoms with Gasteiger partial charge in [-0.3, -0.25) is 9.79 Å². The smallest absolute Gasteiger partial charge is 0.224 e. The van der Waals surface area contributed by atoms with Crippen LogP contribution in [0.5, 0.6) is 0 Å². The number of hydrogen-bond acceptors (Lipinski definition) is 2. The van der Waals surface area contributed by atoms with Gasteiger partial charge in [0.2, 0.25) is 5.91 Å². The Kier molecular flexibility index (Phi) is 10.4. The Labute approximate surface area is 152 Å². The molecule has 0 aliphatic rings. The summed E-state index contributed by atoms with van der Waals surface area (Å²) in [5.41, 5.74) is 1.32. The molecular formula is C20H34N4O. The van der Waals surface area contributed by atoms with Crippen molar-refractivity contribution in [1.29, 1.82) is 0 Å². The largest absolute Gasteiger partial charge is 0.357 e. The standard InChI is InChI=1S/C20H34N4O/c1-5-17(18-12-10-9-11-13-18)16-23-20(21-6-2)22-15-14-19(25)24(7-3)8-4/h9-13,17H,5-8,14-16H2,1-4H3,(H2,21,22,23). The van der Waals surface area contributed by atoms with Crippen molar-refractivity contribution in [3.63, 3.8) is 0 Å². The van der Waals surface area contributed by atoms with E-state index in [9.17, 15) is 4.79 Å². The van der Waals surface area contributed by atoms with Crippen molar-refractivity contribution < 1.29 is 4.79 Å². The van der Waals surface area contributed by atoms with Crippen molar-refractivity contribution in [2.24, 2.45) is 4.99 Å². The Bertz CT molecular complexity index is 512. The van der Waals surface area contributed by atoms with Crippen LogP contribution in [0.2, 0.25) is 0 Å². The maximum absolute atomic E-state index is 12.1. The van der Waals surface area contributed by atoms with Gasteiger partial charge >= 0.3 is 0 Å². The number of amides is 1. The average Bonchev–Trinajstić information content (AvgIpc) is 2.64. The second-order valence-corrected chi connectivity index (χ2v) is 5.98. The number of benzene rings is 1. The Balaban J connectivity index is 2.57. The predicted molar refractivity (Wildman–Crippen MR) is 106 cm³/mol. The van der Waals surface area contributed by atoms with Crippen LogP contribution < -0.4 is 10.6 Å². The summed E-state index contributed by atoms with van der Waals surface area (Å²) in [6.45, 7) is 11.9. The highest BCUT2D eigenvalue weighted by molar-refractivity contribution is 5.81. The number of nitrogens with zero attached hydrogens (tertiary/aromatic N) is 2. The molecule has 5 heteroatoms. The number of hydrogen-bond donors (Lipinski definition) is 2. The third kappa shape index (κ3) is 7.59. The Morgan fingerprint density at radius 3 is 2.32 bits per heavy atom. The predicted octanol–water partition coefficient (Wildman–Crippen LogP) is 2.99. The quantitative estimate of drug-likeness (QED) is 0.506. The maximum atomic E-state index is 12.1. The van der Waals surface area contributed by atoms with Gasteiger partial charge in [-0.05, 0) is 32.8 Å². The lowest BCUT2D eigenvalue weighted by Crippen LogP contribution is -2.40. The monoisotopic (exact) mass is 346 g/mol. The number of rotatable bonds is 10. The van der Waals surface area contributed by atoms with Gasteiger partial charge in [-0.2, -0.15) is 0 Å². The van der Waals surface area contributed by atoms with Gasteiger partial charge in [0, 0.05) is 45.1 Å². The first-order chi connectivity index (χ1) is 12.2. The second kappa shape index (κ2) is 12.3. The topological polar surface area (TPSA) is 56.7 Å². The number of nitrogens with one attached hydrogen (secondary N) is 2. The molecule has 0 saturated heterocycles. The molecule has 0 aliphatic carbocycles. The van der Waals surface area contributed by atoms with Gasteiger partial charge in [0.25, 0.3) is 0 Å². The molecule has 1 aromatic carbocycles. The van der Waals surface area contributed by atoms with Crippen LogP contribution in [0.3, 0.4) is 0 Å². The van der Waals surface area contributed by atoms with Gasteiger partial charge in [-0.25, -0.2) is 0 Å². The number of guanidine groups is 1. The molecule has 0 spiro atoms. The lowest BCUT2D eigenvalue weighted by Gasteiger charge is -2.19. The molecule has 1 amide bonds. The van der Waals surface area contributed by atoms with Gasteiger partial charge in [0.15, 0.2) is 5.96 Å². The fourth-order valence-electron chi connectivity index (χ4n) is 2.76. The van der Waals surface area contributed by atoms with Crippen LogP contribution in [0.15, 0.2) is 35.3 Å². The molecule has 0 bridgehead atoms. The molecule has 0 aliphatic heterocycles. The fraction of sp³-hybridized carbons (Fsp3) is 0.600. The van der Waals surface area contributed by atoms with Gasteiger partial charge < -0.3 is 15.5 Å². The lowest BCUT2D eigenvalue weighted by atomic mass is 9.97. The molecule has 1 unspecified atom stereocenters. The van der Waals surface area contributed by atoms with Gasteiger partial charge in [-0.1, -0.05) is 37.3 Å². The maximum Gasteiger partial charge on any atom is 0.224 e. The molecule has 0 aromatic heterocycles. The molecular weight excluding hydrogens is 312 g/mol. The van der Waals surface area contributed by atoms with E-state index in [1.807, 2.05) is 31.7 Å². The molecule has 5 nitrogen and oxygen atoms in total. The minimum Gasteiger partial charge on any atom is -0.357 e. The van der Waals surface area contributed by atoms with E-state index in [1.165, 1.54) is 5.56 Å². The number of aliphatic imine (C=N–C) groups is 1. The molecule has 140 valence electrons. The van der Waals surface area contributed by atoms with Crippen LogP contribution in [-0.2, 0) is 4.79 Å². The first kappa shape index (κ1) is 21.0. The third-order valence-corrected chi connectivity index (χ3v) is 4.33. The summed E-state index contributed by atoms with van der Waals surface area (Å²) in [5, 5.41) is 6.54. The highest BCUT2D eigenvalue weighted by Crippen LogP contribution is 2.19. The summed E-state index contributed by atoms with van der Waals surface area (Å²) < 4.78 is 0. The third-order valence-electron chi connectivity index (χ3n) is 4.33. The van der Waals surface area contributed by atoms with E-state index in [1.54, 1.807) is 0 Å². The first-order valence-electron chi connectivity index (χ1n) is 9.50. The zero-order valence-electron chi connectivity index (χ0n) is 16.2. The van der Waals surface area contributed by atoms with Gasteiger partial charge in [-0.15, -0.1) is 0 Å². The SMILES string of the molecule is CCNC(=NCC(CC)c1ccccc1)NCCC(=O)N(CC)CC. The van der Waals surface area contributed by atoms with E-state index < -0.39 is 0 Å². The normalized spacial score (nSPS) is 12.6. The Morgan fingerprint density at radius 2 is 1.76 bits per heavy atom. The van der Waals surface area contributed by atoms with E-state index in [2.05, 4.69) is 41.8 Å². The highest BCUT2D eigenvalue weighted by Gasteiger charge is 2.11. The van der Waals surface area contributed by atoms with Gasteiger partial charge in [0.05, 0.1) is 0 Å². The van der Waals surface area contributed by atoms with Crippen molar-refractivity contribution in [1.82, 2.24) is 15.5 Å². The average molecular weight is 347 g/mol. The van der Waals surface area contributed by atoms with E-state index in [4.69, 9.17) is 4.99 Å². The van der Waals surface area contributed by atoms with Crippen molar-refractivity contribution in [2.75, 3.05) is 32.7 Å². The van der Waals surface area contributed by atoms with E-state index in [-0.39, 0.29) is 5.91 Å². The highest BCUT2D eigenvalue weighted by atomic mass is 16.2. The zero-order valence-corrected chi connectivity index (χ0v) is 16.2. The molecule has 1 aromatic rings. The Morgan fingerprint density at radius 1 is 1.08 bits per heavy atom. The molecule has 0 heterocycles. The summed E-state index contributed by atoms with van der Waals surface area (Å²) in [5.74, 6) is 1.38. The fourth-order valence-corrected chi connectivity index (χ4v) is 2.76. The van der Waals surface area contributed by atoms with Crippen molar-refractivity contribution >= 4 is 11.9 Å². The molecule has 1 rings (SSSR count). The summed E-state index contributed by atoms with van der Waals surface area (Å²) in [4.78, 5) is 18.6. The van der Waals surface area contributed by atoms with Crippen LogP contribution in [0.25, 0.3) is 0 Å². The van der Waals surface area contributed by atoms with Gasteiger partial charge in [0.1, 0.15) is 0 Å². The van der Waals surface area contributed by atoms with Crippen LogP contribution in [0.1, 0.15) is 52.0 Å². The van der Waals surface area contributed by atoms with Crippen LogP contribution in [0.4, 0.5) is 0 Å². The molecule has 0 saturated carbocycles. The molecule has 0 radical (unpaired) electrons. The Hall–Kier alpha value is -2.04. The van der Waals surface area contributed by atoms with Crippen molar-refractivity contribution in [3.05, 3.63) is 35.9 Å². The van der Waals surface area contributed by atoms with E-state index in [0.717, 1.165) is 38.6 Å². The number of carbonyl (C=O) groups is 1. The van der Waals surface area contributed by atoms with E-state index >= 15 is 0 Å². The van der Waals surface area contributed by atoms with E-state index in [0.29, 0.717) is 18.9 Å². The molecule has 2 N–H and O–H groups in total. The molecule has 25 heavy (non-hydrogen) atoms. The van der Waals surface area contributed by atoms with Crippen LogP contribution >= 0.6 is 0 Å². The summed E-state index contributed by atoms with van der Waals surface area (Å²) in [6.07, 6.45) is 1.54. The van der Waals surface area contributed by atoms with Crippen LogP contribution in [0, 0.1) is 0 Å². The van der Waals surface area contributed by atoms with Crippen LogP contribution in [-0.4, -0.2) is 49.5 Å². The zero-order chi connectivity index (χ0) is 18.5. The van der Waals surface area contributed by atoms with Crippen molar-refractivity contribution in [3.8, 4) is 0 Å². The summed E-state index contributed by atoms with van der Waals surface area (Å²) in [7, 11) is 0. The molecule has 1 atom stereocenters. The summed E-state index contributed by atoms with van der Waals surface area (Å²) in [6, 6.07) is 10.5. The second-order valence-electron chi connectivity index (χ2n) is 5.98. The molecule has 0 fully saturated rings. The minimum absolute atomic E-state index is 0.184. The minimum atomic E-state index is 0.184. The summed E-state index contributed by atoms with van der Waals surface area (Å²) >= 11 is 0. The lowest BCUT2D eigenvalue weighted by molar-refractivity contribution is -0.130. The van der Waals surface area contributed by atoms with Crippen molar-refractivity contribution in [2.45, 2.75) is 46.5 Å². The number of carbonyl (C=O) groups excluding carboxylic acids is 1. The first-order valence-corrected chi connectivity index (χ1v) is 9.50.